The van der Waals surface area contributed by atoms with Gasteiger partial charge in [0.15, 0.2) is 0 Å². The van der Waals surface area contributed by atoms with Crippen LogP contribution in [0.25, 0.3) is 0 Å². The standard InChI is InChI=1S/C12H16BrNO3/c13-8-10-9-16-7-5-14(10)12(15)4-3-11-2-1-6-17-11/h1-2,6,10H,3-5,7-9H2. The maximum Gasteiger partial charge on any atom is 0.223 e. The zero-order valence-electron chi connectivity index (χ0n) is 9.60. The number of carbonyl (C=O) groups is 1. The molecule has 94 valence electrons. The van der Waals surface area contributed by atoms with E-state index in [1.165, 1.54) is 0 Å². The number of nitrogens with zero attached hydrogens (tertiary/aromatic N) is 1. The number of ether oxygens (including phenoxy) is 1. The van der Waals surface area contributed by atoms with E-state index in [-0.39, 0.29) is 11.9 Å². The molecule has 0 aliphatic carbocycles. The fraction of sp³-hybridized carbons (Fsp3) is 0.583. The second-order valence-corrected chi connectivity index (χ2v) is 4.70. The molecule has 1 fully saturated rings. The van der Waals surface area contributed by atoms with Gasteiger partial charge in [0.1, 0.15) is 5.76 Å². The van der Waals surface area contributed by atoms with Crippen LogP contribution in [-0.2, 0) is 16.0 Å². The average molecular weight is 302 g/mol. The largest absolute Gasteiger partial charge is 0.469 e. The van der Waals surface area contributed by atoms with Crippen LogP contribution in [0.4, 0.5) is 0 Å². The zero-order valence-corrected chi connectivity index (χ0v) is 11.2. The van der Waals surface area contributed by atoms with Gasteiger partial charge in [0.05, 0.1) is 25.5 Å². The van der Waals surface area contributed by atoms with Gasteiger partial charge in [0, 0.05) is 24.7 Å². The lowest BCUT2D eigenvalue weighted by Crippen LogP contribution is -2.49. The second-order valence-electron chi connectivity index (χ2n) is 4.05. The summed E-state index contributed by atoms with van der Waals surface area (Å²) in [5.74, 6) is 1.04. The molecule has 2 rings (SSSR count). The molecule has 0 N–H and O–H groups in total. The van der Waals surface area contributed by atoms with E-state index in [9.17, 15) is 4.79 Å². The fourth-order valence-corrected chi connectivity index (χ4v) is 2.48. The van der Waals surface area contributed by atoms with E-state index in [4.69, 9.17) is 9.15 Å². The summed E-state index contributed by atoms with van der Waals surface area (Å²) in [5.41, 5.74) is 0. The number of furan rings is 1. The molecular weight excluding hydrogens is 286 g/mol. The first-order valence-corrected chi connectivity index (χ1v) is 6.89. The number of amides is 1. The Morgan fingerprint density at radius 1 is 1.59 bits per heavy atom. The van der Waals surface area contributed by atoms with Crippen molar-refractivity contribution in [2.45, 2.75) is 18.9 Å². The third-order valence-electron chi connectivity index (χ3n) is 2.89. The minimum atomic E-state index is 0.160. The number of aryl methyl sites for hydroxylation is 1. The Morgan fingerprint density at radius 2 is 2.47 bits per heavy atom. The first-order valence-electron chi connectivity index (χ1n) is 5.77. The van der Waals surface area contributed by atoms with Crippen molar-refractivity contribution in [3.05, 3.63) is 24.2 Å². The quantitative estimate of drug-likeness (QED) is 0.797. The Labute approximate surface area is 109 Å². The molecule has 0 bridgehead atoms. The van der Waals surface area contributed by atoms with Gasteiger partial charge in [-0.15, -0.1) is 0 Å². The van der Waals surface area contributed by atoms with Gasteiger partial charge in [-0.25, -0.2) is 0 Å². The van der Waals surface area contributed by atoms with E-state index in [0.717, 1.165) is 11.1 Å². The highest BCUT2D eigenvalue weighted by molar-refractivity contribution is 9.09. The summed E-state index contributed by atoms with van der Waals surface area (Å²) in [5, 5.41) is 0.763. The third-order valence-corrected chi connectivity index (χ3v) is 3.64. The summed E-state index contributed by atoms with van der Waals surface area (Å²) in [6, 6.07) is 3.90. The van der Waals surface area contributed by atoms with Gasteiger partial charge in [-0.2, -0.15) is 0 Å². The van der Waals surface area contributed by atoms with Gasteiger partial charge in [0.2, 0.25) is 5.91 Å². The topological polar surface area (TPSA) is 42.7 Å². The zero-order chi connectivity index (χ0) is 12.1. The van der Waals surface area contributed by atoms with E-state index in [1.54, 1.807) is 6.26 Å². The van der Waals surface area contributed by atoms with Crippen LogP contribution in [0.5, 0.6) is 0 Å². The molecule has 0 aromatic carbocycles. The van der Waals surface area contributed by atoms with Crippen molar-refractivity contribution in [2.75, 3.05) is 25.1 Å². The lowest BCUT2D eigenvalue weighted by molar-refractivity contribution is -0.138. The third kappa shape index (κ3) is 3.33. The summed E-state index contributed by atoms with van der Waals surface area (Å²) in [4.78, 5) is 14.0. The minimum Gasteiger partial charge on any atom is -0.469 e. The lowest BCUT2D eigenvalue weighted by atomic mass is 10.2. The highest BCUT2D eigenvalue weighted by Gasteiger charge is 2.25. The first-order chi connectivity index (χ1) is 8.31. The Morgan fingerprint density at radius 3 is 3.18 bits per heavy atom. The number of hydrogen-bond acceptors (Lipinski definition) is 3. The van der Waals surface area contributed by atoms with Crippen LogP contribution in [0.3, 0.4) is 0 Å². The molecule has 1 atom stereocenters. The monoisotopic (exact) mass is 301 g/mol. The predicted molar refractivity (Wildman–Crippen MR) is 67.1 cm³/mol. The Balaban J connectivity index is 1.85. The Hall–Kier alpha value is -0.810. The molecule has 0 radical (unpaired) electrons. The maximum absolute atomic E-state index is 12.1. The molecule has 1 aliphatic heterocycles. The van der Waals surface area contributed by atoms with Crippen LogP contribution in [-0.4, -0.2) is 41.9 Å². The highest BCUT2D eigenvalue weighted by atomic mass is 79.9. The van der Waals surface area contributed by atoms with Crippen molar-refractivity contribution in [2.24, 2.45) is 0 Å². The number of morpholine rings is 1. The molecule has 1 aliphatic rings. The average Bonchev–Trinajstić information content (AvgIpc) is 2.89. The van der Waals surface area contributed by atoms with E-state index in [0.29, 0.717) is 32.6 Å². The number of carbonyl (C=O) groups excluding carboxylic acids is 1. The van der Waals surface area contributed by atoms with E-state index in [1.807, 2.05) is 17.0 Å². The van der Waals surface area contributed by atoms with E-state index >= 15 is 0 Å². The molecule has 17 heavy (non-hydrogen) atoms. The molecule has 4 nitrogen and oxygen atoms in total. The van der Waals surface area contributed by atoms with Crippen molar-refractivity contribution in [1.29, 1.82) is 0 Å². The van der Waals surface area contributed by atoms with Crippen molar-refractivity contribution in [1.82, 2.24) is 4.90 Å². The van der Waals surface area contributed by atoms with Crippen LogP contribution in [0.2, 0.25) is 0 Å². The van der Waals surface area contributed by atoms with Crippen molar-refractivity contribution in [3.8, 4) is 0 Å². The predicted octanol–water partition coefficient (Wildman–Crippen LogP) is 1.83. The number of alkyl halides is 1. The van der Waals surface area contributed by atoms with Crippen LogP contribution < -0.4 is 0 Å². The van der Waals surface area contributed by atoms with Crippen LogP contribution >= 0.6 is 15.9 Å². The lowest BCUT2D eigenvalue weighted by Gasteiger charge is -2.34. The molecule has 0 saturated carbocycles. The summed E-state index contributed by atoms with van der Waals surface area (Å²) in [7, 11) is 0. The van der Waals surface area contributed by atoms with Gasteiger partial charge in [-0.3, -0.25) is 4.79 Å². The maximum atomic E-state index is 12.1. The molecule has 1 saturated heterocycles. The smallest absolute Gasteiger partial charge is 0.223 e. The summed E-state index contributed by atoms with van der Waals surface area (Å²) >= 11 is 3.42. The Bertz CT molecular complexity index is 353. The molecule has 5 heteroatoms. The normalized spacial score (nSPS) is 20.5. The first kappa shape index (κ1) is 12.6. The van der Waals surface area contributed by atoms with Gasteiger partial charge >= 0.3 is 0 Å². The molecule has 1 unspecified atom stereocenters. The Kier molecular flexibility index (Phi) is 4.62. The van der Waals surface area contributed by atoms with Gasteiger partial charge < -0.3 is 14.1 Å². The van der Waals surface area contributed by atoms with Gasteiger partial charge in [0.25, 0.3) is 0 Å². The minimum absolute atomic E-state index is 0.160. The van der Waals surface area contributed by atoms with E-state index < -0.39 is 0 Å². The van der Waals surface area contributed by atoms with E-state index in [2.05, 4.69) is 15.9 Å². The van der Waals surface area contributed by atoms with Gasteiger partial charge in [-0.1, -0.05) is 15.9 Å². The van der Waals surface area contributed by atoms with Crippen LogP contribution in [0, 0.1) is 0 Å². The van der Waals surface area contributed by atoms with Crippen molar-refractivity contribution in [3.63, 3.8) is 0 Å². The molecule has 2 heterocycles. The summed E-state index contributed by atoms with van der Waals surface area (Å²) in [6.45, 7) is 1.95. The summed E-state index contributed by atoms with van der Waals surface area (Å²) < 4.78 is 10.6. The molecule has 1 aromatic heterocycles. The second kappa shape index (κ2) is 6.21. The van der Waals surface area contributed by atoms with Crippen LogP contribution in [0.1, 0.15) is 12.2 Å². The fourth-order valence-electron chi connectivity index (χ4n) is 1.94. The van der Waals surface area contributed by atoms with Crippen LogP contribution in [0.15, 0.2) is 22.8 Å². The number of hydrogen-bond donors (Lipinski definition) is 0. The number of halogens is 1. The summed E-state index contributed by atoms with van der Waals surface area (Å²) in [6.07, 6.45) is 2.80. The SMILES string of the molecule is O=C(CCc1ccco1)N1CCOCC1CBr. The molecule has 0 spiro atoms. The molecule has 1 amide bonds. The van der Waals surface area contributed by atoms with Crippen molar-refractivity contribution >= 4 is 21.8 Å². The molecular formula is C12H16BrNO3. The molecule has 1 aromatic rings. The number of rotatable bonds is 4. The van der Waals surface area contributed by atoms with Crippen molar-refractivity contribution < 1.29 is 13.9 Å². The van der Waals surface area contributed by atoms with Gasteiger partial charge in [-0.05, 0) is 12.1 Å². The highest BCUT2D eigenvalue weighted by Crippen LogP contribution is 2.13.